The number of anilines is 1. The summed E-state index contributed by atoms with van der Waals surface area (Å²) in [6.45, 7) is 0. The van der Waals surface area contributed by atoms with Gasteiger partial charge in [-0.05, 0) is 48.6 Å². The maximum absolute atomic E-state index is 11.6. The second-order valence-electron chi connectivity index (χ2n) is 3.39. The van der Waals surface area contributed by atoms with Crippen LogP contribution in [0.5, 0.6) is 0 Å². The highest BCUT2D eigenvalue weighted by Gasteiger charge is 2.09. The van der Waals surface area contributed by atoms with E-state index >= 15 is 0 Å². The van der Waals surface area contributed by atoms with Crippen LogP contribution in [-0.4, -0.2) is 11.0 Å². The van der Waals surface area contributed by atoms with Crippen molar-refractivity contribution in [3.05, 3.63) is 53.4 Å². The van der Waals surface area contributed by atoms with E-state index in [0.29, 0.717) is 5.02 Å². The monoisotopic (exact) mass is 280 g/mol. The summed E-state index contributed by atoms with van der Waals surface area (Å²) < 4.78 is 4.95. The fourth-order valence-electron chi connectivity index (χ4n) is 1.27. The lowest BCUT2D eigenvalue weighted by molar-refractivity contribution is 0.0950. The number of rotatable bonds is 2. The number of benzene rings is 1. The number of hydrogen-bond acceptors (Lipinski definition) is 3. The zero-order chi connectivity index (χ0) is 13.0. The molecule has 2 N–H and O–H groups in total. The Morgan fingerprint density at radius 2 is 1.94 bits per heavy atom. The number of carbonyl (C=O) groups excluding carboxylic acids is 1. The number of halogens is 1. The highest BCUT2D eigenvalue weighted by atomic mass is 35.5. The molecular formula is C12H9ClN2O2S. The maximum atomic E-state index is 11.6. The van der Waals surface area contributed by atoms with E-state index in [4.69, 9.17) is 28.2 Å². The fraction of sp³-hybridized carbons (Fsp3) is 0. The molecule has 0 unspecified atom stereocenters. The van der Waals surface area contributed by atoms with E-state index < -0.39 is 5.91 Å². The summed E-state index contributed by atoms with van der Waals surface area (Å²) in [6.07, 6.45) is 1.42. The predicted octanol–water partition coefficient (Wildman–Crippen LogP) is 3.06. The van der Waals surface area contributed by atoms with Crippen LogP contribution >= 0.6 is 23.8 Å². The minimum Gasteiger partial charge on any atom is -0.459 e. The van der Waals surface area contributed by atoms with Gasteiger partial charge in [-0.3, -0.25) is 10.1 Å². The molecule has 0 aliphatic rings. The van der Waals surface area contributed by atoms with Gasteiger partial charge in [0, 0.05) is 10.7 Å². The molecule has 0 radical (unpaired) electrons. The Balaban J connectivity index is 1.93. The van der Waals surface area contributed by atoms with Gasteiger partial charge in [-0.2, -0.15) is 0 Å². The van der Waals surface area contributed by atoms with Crippen LogP contribution in [0, 0.1) is 0 Å². The molecule has 4 nitrogen and oxygen atoms in total. The smallest absolute Gasteiger partial charge is 0.293 e. The number of amides is 1. The third-order valence-electron chi connectivity index (χ3n) is 2.07. The van der Waals surface area contributed by atoms with E-state index in [1.807, 2.05) is 0 Å². The number of carbonyl (C=O) groups is 1. The van der Waals surface area contributed by atoms with Crippen molar-refractivity contribution in [3.63, 3.8) is 0 Å². The third-order valence-corrected chi connectivity index (χ3v) is 2.53. The summed E-state index contributed by atoms with van der Waals surface area (Å²) >= 11 is 10.8. The van der Waals surface area contributed by atoms with Crippen molar-refractivity contribution in [2.75, 3.05) is 5.32 Å². The molecule has 1 aromatic carbocycles. The maximum Gasteiger partial charge on any atom is 0.293 e. The summed E-state index contributed by atoms with van der Waals surface area (Å²) in [4.78, 5) is 11.6. The van der Waals surface area contributed by atoms with Crippen molar-refractivity contribution in [3.8, 4) is 0 Å². The zero-order valence-electron chi connectivity index (χ0n) is 9.14. The highest BCUT2D eigenvalue weighted by molar-refractivity contribution is 7.80. The first-order chi connectivity index (χ1) is 8.65. The van der Waals surface area contributed by atoms with Gasteiger partial charge >= 0.3 is 0 Å². The Morgan fingerprint density at radius 1 is 1.22 bits per heavy atom. The van der Waals surface area contributed by atoms with E-state index in [9.17, 15) is 4.79 Å². The van der Waals surface area contributed by atoms with Crippen molar-refractivity contribution in [1.29, 1.82) is 0 Å². The summed E-state index contributed by atoms with van der Waals surface area (Å²) in [5, 5.41) is 6.19. The predicted molar refractivity (Wildman–Crippen MR) is 73.8 cm³/mol. The van der Waals surface area contributed by atoms with Gasteiger partial charge in [0.15, 0.2) is 10.9 Å². The molecule has 2 rings (SSSR count). The van der Waals surface area contributed by atoms with Crippen molar-refractivity contribution in [1.82, 2.24) is 5.32 Å². The molecule has 0 bridgehead atoms. The summed E-state index contributed by atoms with van der Waals surface area (Å²) in [6, 6.07) is 10.1. The molecule has 18 heavy (non-hydrogen) atoms. The fourth-order valence-corrected chi connectivity index (χ4v) is 1.60. The van der Waals surface area contributed by atoms with Crippen LogP contribution < -0.4 is 10.6 Å². The Hall–Kier alpha value is -1.85. The molecule has 0 saturated heterocycles. The second-order valence-corrected chi connectivity index (χ2v) is 4.24. The van der Waals surface area contributed by atoms with Gasteiger partial charge in [0.2, 0.25) is 0 Å². The lowest BCUT2D eigenvalue weighted by Gasteiger charge is -2.08. The van der Waals surface area contributed by atoms with Gasteiger partial charge < -0.3 is 9.73 Å². The van der Waals surface area contributed by atoms with Crippen molar-refractivity contribution in [2.24, 2.45) is 0 Å². The highest BCUT2D eigenvalue weighted by Crippen LogP contribution is 2.13. The number of hydrogen-bond donors (Lipinski definition) is 2. The van der Waals surface area contributed by atoms with E-state index in [0.717, 1.165) is 5.69 Å². The first-order valence-electron chi connectivity index (χ1n) is 5.06. The first kappa shape index (κ1) is 12.6. The molecule has 0 saturated carbocycles. The SMILES string of the molecule is O=C(NC(=S)Nc1ccc(Cl)cc1)c1ccco1. The largest absolute Gasteiger partial charge is 0.459 e. The minimum atomic E-state index is -0.397. The molecule has 2 aromatic rings. The average Bonchev–Trinajstić information content (AvgIpc) is 2.85. The van der Waals surface area contributed by atoms with Crippen molar-refractivity contribution < 1.29 is 9.21 Å². The van der Waals surface area contributed by atoms with E-state index in [1.165, 1.54) is 6.26 Å². The Kier molecular flexibility index (Phi) is 3.96. The molecule has 1 heterocycles. The Labute approximate surface area is 114 Å². The molecule has 6 heteroatoms. The summed E-state index contributed by atoms with van der Waals surface area (Å²) in [5.41, 5.74) is 0.740. The van der Waals surface area contributed by atoms with Gasteiger partial charge in [0.1, 0.15) is 0 Å². The van der Waals surface area contributed by atoms with E-state index in [-0.39, 0.29) is 10.9 Å². The molecule has 1 amide bonds. The average molecular weight is 281 g/mol. The number of thiocarbonyl (C=S) groups is 1. The van der Waals surface area contributed by atoms with Crippen molar-refractivity contribution >= 4 is 40.5 Å². The minimum absolute atomic E-state index is 0.193. The van der Waals surface area contributed by atoms with Crippen LogP contribution in [0.1, 0.15) is 10.6 Å². The number of nitrogens with one attached hydrogen (secondary N) is 2. The molecule has 0 aliphatic carbocycles. The topological polar surface area (TPSA) is 54.3 Å². The standard InChI is InChI=1S/C12H9ClN2O2S/c13-8-3-5-9(6-4-8)14-12(18)15-11(16)10-2-1-7-17-10/h1-7H,(H2,14,15,16,18). The molecule has 1 aromatic heterocycles. The molecular weight excluding hydrogens is 272 g/mol. The number of furan rings is 1. The normalized spacial score (nSPS) is 9.83. The van der Waals surface area contributed by atoms with Crippen LogP contribution in [0.4, 0.5) is 5.69 Å². The van der Waals surface area contributed by atoms with Crippen LogP contribution in [-0.2, 0) is 0 Å². The lowest BCUT2D eigenvalue weighted by Crippen LogP contribution is -2.33. The van der Waals surface area contributed by atoms with Crippen LogP contribution in [0.25, 0.3) is 0 Å². The zero-order valence-corrected chi connectivity index (χ0v) is 10.7. The van der Waals surface area contributed by atoms with Gasteiger partial charge in [-0.1, -0.05) is 11.6 Å². The second kappa shape index (κ2) is 5.66. The summed E-state index contributed by atoms with van der Waals surface area (Å²) in [7, 11) is 0. The van der Waals surface area contributed by atoms with E-state index in [1.54, 1.807) is 36.4 Å². The molecule has 0 spiro atoms. The Bertz CT molecular complexity index is 552. The van der Waals surface area contributed by atoms with Crippen LogP contribution in [0.2, 0.25) is 5.02 Å². The van der Waals surface area contributed by atoms with Gasteiger partial charge in [-0.15, -0.1) is 0 Å². The third kappa shape index (κ3) is 3.32. The van der Waals surface area contributed by atoms with Gasteiger partial charge in [0.05, 0.1) is 6.26 Å². The van der Waals surface area contributed by atoms with Gasteiger partial charge in [0.25, 0.3) is 5.91 Å². The lowest BCUT2D eigenvalue weighted by atomic mass is 10.3. The summed E-state index contributed by atoms with van der Waals surface area (Å²) in [5.74, 6) is -0.193. The molecule has 0 fully saturated rings. The van der Waals surface area contributed by atoms with E-state index in [2.05, 4.69) is 10.6 Å². The van der Waals surface area contributed by atoms with Crippen molar-refractivity contribution in [2.45, 2.75) is 0 Å². The molecule has 0 atom stereocenters. The van der Waals surface area contributed by atoms with Crippen LogP contribution in [0.15, 0.2) is 47.1 Å². The molecule has 92 valence electrons. The van der Waals surface area contributed by atoms with Gasteiger partial charge in [-0.25, -0.2) is 0 Å². The van der Waals surface area contributed by atoms with Crippen LogP contribution in [0.3, 0.4) is 0 Å². The molecule has 0 aliphatic heterocycles. The first-order valence-corrected chi connectivity index (χ1v) is 5.85. The quantitative estimate of drug-likeness (QED) is 0.830. The Morgan fingerprint density at radius 3 is 2.56 bits per heavy atom.